The molecule has 0 saturated carbocycles. The Labute approximate surface area is 145 Å². The van der Waals surface area contributed by atoms with Crippen molar-refractivity contribution in [1.82, 2.24) is 14.9 Å². The number of nitrogens with one attached hydrogen (secondary N) is 1. The lowest BCUT2D eigenvalue weighted by Crippen LogP contribution is -2.35. The summed E-state index contributed by atoms with van der Waals surface area (Å²) < 4.78 is 0. The first-order valence-corrected chi connectivity index (χ1v) is 8.59. The van der Waals surface area contributed by atoms with Crippen molar-refractivity contribution < 1.29 is 0 Å². The maximum atomic E-state index is 12.3. The molecule has 1 aliphatic rings. The van der Waals surface area contributed by atoms with E-state index in [2.05, 4.69) is 21.8 Å². The van der Waals surface area contributed by atoms with Crippen LogP contribution in [0.15, 0.2) is 23.0 Å². The van der Waals surface area contributed by atoms with Gasteiger partial charge in [0, 0.05) is 42.5 Å². The minimum Gasteiger partial charge on any atom is -0.310 e. The van der Waals surface area contributed by atoms with Gasteiger partial charge in [0.1, 0.15) is 5.82 Å². The Kier molecular flexibility index (Phi) is 5.05. The van der Waals surface area contributed by atoms with E-state index in [1.54, 1.807) is 6.07 Å². The SMILES string of the molecule is CCCc1nc2c(c(=O)[nH]1)CN(Cc1cc(Cl)cc(Cl)c1)CC2. The molecule has 0 aliphatic carbocycles. The zero-order chi connectivity index (χ0) is 16.4. The molecule has 2 heterocycles. The quantitative estimate of drug-likeness (QED) is 0.915. The van der Waals surface area contributed by atoms with Gasteiger partial charge in [-0.05, 0) is 30.2 Å². The third-order valence-corrected chi connectivity index (χ3v) is 4.45. The van der Waals surface area contributed by atoms with Gasteiger partial charge in [-0.25, -0.2) is 4.98 Å². The molecule has 0 saturated heterocycles. The lowest BCUT2D eigenvalue weighted by atomic mass is 10.1. The number of hydrogen-bond acceptors (Lipinski definition) is 3. The van der Waals surface area contributed by atoms with Crippen LogP contribution in [-0.4, -0.2) is 21.4 Å². The summed E-state index contributed by atoms with van der Waals surface area (Å²) in [5, 5.41) is 1.27. The van der Waals surface area contributed by atoms with Crippen LogP contribution < -0.4 is 5.56 Å². The molecule has 0 radical (unpaired) electrons. The van der Waals surface area contributed by atoms with Crippen LogP contribution in [0.25, 0.3) is 0 Å². The van der Waals surface area contributed by atoms with Gasteiger partial charge in [0.2, 0.25) is 0 Å². The van der Waals surface area contributed by atoms with Gasteiger partial charge in [-0.1, -0.05) is 30.1 Å². The van der Waals surface area contributed by atoms with Crippen LogP contribution >= 0.6 is 23.2 Å². The number of halogens is 2. The maximum Gasteiger partial charge on any atom is 0.255 e. The molecule has 0 bridgehead atoms. The van der Waals surface area contributed by atoms with E-state index in [9.17, 15) is 4.79 Å². The lowest BCUT2D eigenvalue weighted by Gasteiger charge is -2.27. The van der Waals surface area contributed by atoms with Crippen molar-refractivity contribution in [1.29, 1.82) is 0 Å². The number of nitrogens with zero attached hydrogens (tertiary/aromatic N) is 2. The summed E-state index contributed by atoms with van der Waals surface area (Å²) in [7, 11) is 0. The van der Waals surface area contributed by atoms with E-state index in [4.69, 9.17) is 23.2 Å². The van der Waals surface area contributed by atoms with E-state index in [1.807, 2.05) is 12.1 Å². The van der Waals surface area contributed by atoms with E-state index in [0.29, 0.717) is 16.6 Å². The van der Waals surface area contributed by atoms with E-state index in [-0.39, 0.29) is 5.56 Å². The van der Waals surface area contributed by atoms with E-state index < -0.39 is 0 Å². The minimum absolute atomic E-state index is 0.00715. The van der Waals surface area contributed by atoms with E-state index in [1.165, 1.54) is 0 Å². The van der Waals surface area contributed by atoms with Gasteiger partial charge >= 0.3 is 0 Å². The van der Waals surface area contributed by atoms with E-state index >= 15 is 0 Å². The number of aromatic amines is 1. The molecule has 2 aromatic rings. The molecule has 0 fully saturated rings. The highest BCUT2D eigenvalue weighted by Crippen LogP contribution is 2.22. The summed E-state index contributed by atoms with van der Waals surface area (Å²) in [6.07, 6.45) is 2.58. The molecular formula is C17H19Cl2N3O. The van der Waals surface area contributed by atoms with Crippen LogP contribution in [0.4, 0.5) is 0 Å². The van der Waals surface area contributed by atoms with Crippen molar-refractivity contribution >= 4 is 23.2 Å². The average molecular weight is 352 g/mol. The second kappa shape index (κ2) is 7.04. The second-order valence-electron chi connectivity index (χ2n) is 5.93. The number of aromatic nitrogens is 2. The van der Waals surface area contributed by atoms with E-state index in [0.717, 1.165) is 55.0 Å². The first kappa shape index (κ1) is 16.5. The van der Waals surface area contributed by atoms with Crippen LogP contribution in [0.1, 0.15) is 36.0 Å². The Balaban J connectivity index is 1.79. The first-order chi connectivity index (χ1) is 11.0. The number of rotatable bonds is 4. The number of H-pyrrole nitrogens is 1. The summed E-state index contributed by atoms with van der Waals surface area (Å²) in [6.45, 7) is 4.28. The zero-order valence-corrected chi connectivity index (χ0v) is 14.5. The van der Waals surface area contributed by atoms with Gasteiger partial charge < -0.3 is 4.98 Å². The summed E-state index contributed by atoms with van der Waals surface area (Å²) in [6, 6.07) is 5.55. The molecule has 1 aromatic carbocycles. The van der Waals surface area contributed by atoms with Crippen LogP contribution in [-0.2, 0) is 25.9 Å². The summed E-state index contributed by atoms with van der Waals surface area (Å²) >= 11 is 12.1. The molecule has 1 aliphatic heterocycles. The third kappa shape index (κ3) is 3.94. The number of hydrogen-bond donors (Lipinski definition) is 1. The summed E-state index contributed by atoms with van der Waals surface area (Å²) in [5.41, 5.74) is 2.77. The van der Waals surface area contributed by atoms with Crippen molar-refractivity contribution in [2.24, 2.45) is 0 Å². The first-order valence-electron chi connectivity index (χ1n) is 7.83. The minimum atomic E-state index is -0.00715. The Bertz CT molecular complexity index is 753. The highest BCUT2D eigenvalue weighted by atomic mass is 35.5. The van der Waals surface area contributed by atoms with Crippen molar-refractivity contribution in [3.8, 4) is 0 Å². The Morgan fingerprint density at radius 2 is 2.00 bits per heavy atom. The molecule has 3 rings (SSSR count). The van der Waals surface area contributed by atoms with Crippen LogP contribution in [0, 0.1) is 0 Å². The average Bonchev–Trinajstić information content (AvgIpc) is 2.47. The molecule has 4 nitrogen and oxygen atoms in total. The molecule has 0 atom stereocenters. The molecule has 122 valence electrons. The molecular weight excluding hydrogens is 333 g/mol. The number of benzene rings is 1. The Morgan fingerprint density at radius 1 is 1.26 bits per heavy atom. The molecule has 0 unspecified atom stereocenters. The fraction of sp³-hybridized carbons (Fsp3) is 0.412. The largest absolute Gasteiger partial charge is 0.310 e. The molecule has 23 heavy (non-hydrogen) atoms. The maximum absolute atomic E-state index is 12.3. The number of aryl methyl sites for hydroxylation is 1. The smallest absolute Gasteiger partial charge is 0.255 e. The monoisotopic (exact) mass is 351 g/mol. The van der Waals surface area contributed by atoms with Crippen molar-refractivity contribution in [2.45, 2.75) is 39.3 Å². The zero-order valence-electron chi connectivity index (χ0n) is 13.0. The topological polar surface area (TPSA) is 49.0 Å². The fourth-order valence-electron chi connectivity index (χ4n) is 2.98. The second-order valence-corrected chi connectivity index (χ2v) is 6.80. The van der Waals surface area contributed by atoms with Gasteiger partial charge in [-0.3, -0.25) is 9.69 Å². The summed E-state index contributed by atoms with van der Waals surface area (Å²) in [4.78, 5) is 22.0. The van der Waals surface area contributed by atoms with Gasteiger partial charge in [-0.2, -0.15) is 0 Å². The standard InChI is InChI=1S/C17H19Cl2N3O/c1-2-3-16-20-15-4-5-22(10-14(15)17(23)21-16)9-11-6-12(18)8-13(19)7-11/h6-8H,2-5,9-10H2,1H3,(H,20,21,23). The predicted molar refractivity (Wildman–Crippen MR) is 93.1 cm³/mol. The fourth-order valence-corrected chi connectivity index (χ4v) is 3.55. The highest BCUT2D eigenvalue weighted by molar-refractivity contribution is 6.34. The molecule has 6 heteroatoms. The molecule has 0 amide bonds. The predicted octanol–water partition coefficient (Wildman–Crippen LogP) is 3.59. The van der Waals surface area contributed by atoms with Gasteiger partial charge in [0.25, 0.3) is 5.56 Å². The normalized spacial score (nSPS) is 14.7. The lowest BCUT2D eigenvalue weighted by molar-refractivity contribution is 0.241. The Morgan fingerprint density at radius 3 is 2.70 bits per heavy atom. The van der Waals surface area contributed by atoms with Crippen LogP contribution in [0.5, 0.6) is 0 Å². The molecule has 1 N–H and O–H groups in total. The molecule has 0 spiro atoms. The van der Waals surface area contributed by atoms with Gasteiger partial charge in [-0.15, -0.1) is 0 Å². The van der Waals surface area contributed by atoms with Crippen LogP contribution in [0.3, 0.4) is 0 Å². The van der Waals surface area contributed by atoms with Crippen molar-refractivity contribution in [2.75, 3.05) is 6.54 Å². The number of fused-ring (bicyclic) bond motifs is 1. The summed E-state index contributed by atoms with van der Waals surface area (Å²) in [5.74, 6) is 0.798. The van der Waals surface area contributed by atoms with Gasteiger partial charge in [0.05, 0.1) is 11.3 Å². The third-order valence-electron chi connectivity index (χ3n) is 4.01. The van der Waals surface area contributed by atoms with Gasteiger partial charge in [0.15, 0.2) is 0 Å². The van der Waals surface area contributed by atoms with Crippen molar-refractivity contribution in [3.05, 3.63) is 61.2 Å². The molecule has 1 aromatic heterocycles. The Hall–Kier alpha value is -1.36. The van der Waals surface area contributed by atoms with Crippen LogP contribution in [0.2, 0.25) is 10.0 Å². The van der Waals surface area contributed by atoms with Crippen molar-refractivity contribution in [3.63, 3.8) is 0 Å². The highest BCUT2D eigenvalue weighted by Gasteiger charge is 2.21.